The summed E-state index contributed by atoms with van der Waals surface area (Å²) < 4.78 is 5.25. The van der Waals surface area contributed by atoms with Crippen LogP contribution in [0.15, 0.2) is 0 Å². The van der Waals surface area contributed by atoms with Crippen LogP contribution in [0.1, 0.15) is 19.8 Å². The molecule has 1 rings (SSSR count). The molecule has 4 heteroatoms. The molecule has 1 saturated heterocycles. The summed E-state index contributed by atoms with van der Waals surface area (Å²) in [5.41, 5.74) is 4.70. The van der Waals surface area contributed by atoms with Crippen LogP contribution in [0, 0.1) is 5.92 Å². The quantitative estimate of drug-likeness (QED) is 0.677. The minimum absolute atomic E-state index is 0. The van der Waals surface area contributed by atoms with Crippen LogP contribution in [0.3, 0.4) is 0 Å². The molecule has 0 aromatic rings. The van der Waals surface area contributed by atoms with Gasteiger partial charge in [-0.2, -0.15) is 0 Å². The van der Waals surface area contributed by atoms with Gasteiger partial charge in [0.2, 0.25) is 0 Å². The van der Waals surface area contributed by atoms with E-state index < -0.39 is 5.60 Å². The summed E-state index contributed by atoms with van der Waals surface area (Å²) in [5, 5.41) is 9.74. The average Bonchev–Trinajstić information content (AvgIpc) is 2.06. The van der Waals surface area contributed by atoms with Gasteiger partial charge < -0.3 is 15.6 Å². The van der Waals surface area contributed by atoms with Gasteiger partial charge in [0.05, 0.1) is 12.2 Å². The van der Waals surface area contributed by atoms with Crippen molar-refractivity contribution in [2.24, 2.45) is 11.7 Å². The van der Waals surface area contributed by atoms with Gasteiger partial charge in [0, 0.05) is 19.1 Å². The maximum Gasteiger partial charge on any atom is 0.0791 e. The number of ether oxygens (including phenoxy) is 1. The molecule has 0 saturated carbocycles. The van der Waals surface area contributed by atoms with E-state index in [4.69, 9.17) is 10.5 Å². The number of hydrogen-bond acceptors (Lipinski definition) is 3. The molecule has 1 aliphatic rings. The van der Waals surface area contributed by atoms with Crippen molar-refractivity contribution in [3.8, 4) is 0 Å². The second-order valence-electron chi connectivity index (χ2n) is 3.48. The number of nitrogens with two attached hydrogens (primary N) is 1. The summed E-state index contributed by atoms with van der Waals surface area (Å²) in [6, 6.07) is 0. The fraction of sp³-hybridized carbons (Fsp3) is 1.00. The van der Waals surface area contributed by atoms with Crippen molar-refractivity contribution in [3.05, 3.63) is 0 Å². The van der Waals surface area contributed by atoms with Crippen LogP contribution >= 0.6 is 12.4 Å². The normalized spacial score (nSPS) is 28.8. The van der Waals surface area contributed by atoms with E-state index in [9.17, 15) is 5.11 Å². The lowest BCUT2D eigenvalue weighted by molar-refractivity contribution is -0.0620. The Balaban J connectivity index is 0.00000121. The Morgan fingerprint density at radius 1 is 1.67 bits per heavy atom. The van der Waals surface area contributed by atoms with Crippen molar-refractivity contribution < 1.29 is 9.84 Å². The molecule has 0 aromatic heterocycles. The van der Waals surface area contributed by atoms with Crippen molar-refractivity contribution in [2.45, 2.75) is 25.4 Å². The van der Waals surface area contributed by atoms with Gasteiger partial charge in [-0.25, -0.2) is 0 Å². The van der Waals surface area contributed by atoms with Crippen LogP contribution in [0.25, 0.3) is 0 Å². The largest absolute Gasteiger partial charge is 0.388 e. The van der Waals surface area contributed by atoms with Gasteiger partial charge in [-0.05, 0) is 19.8 Å². The third-order valence-electron chi connectivity index (χ3n) is 2.45. The molecule has 0 spiro atoms. The smallest absolute Gasteiger partial charge is 0.0791 e. The van der Waals surface area contributed by atoms with Crippen molar-refractivity contribution >= 4 is 12.4 Å². The van der Waals surface area contributed by atoms with Gasteiger partial charge >= 0.3 is 0 Å². The standard InChI is InChI=1S/C8H17NO2.ClH/c1-8(10,6-9)7-3-2-4-11-5-7;/h7,10H,2-6,9H2,1H3;1H. The van der Waals surface area contributed by atoms with Gasteiger partial charge in [0.1, 0.15) is 0 Å². The summed E-state index contributed by atoms with van der Waals surface area (Å²) in [4.78, 5) is 0. The molecule has 0 radical (unpaired) electrons. The summed E-state index contributed by atoms with van der Waals surface area (Å²) in [5.74, 6) is 0.223. The maximum atomic E-state index is 9.74. The second-order valence-corrected chi connectivity index (χ2v) is 3.48. The minimum Gasteiger partial charge on any atom is -0.388 e. The van der Waals surface area contributed by atoms with E-state index in [1.54, 1.807) is 6.92 Å². The summed E-state index contributed by atoms with van der Waals surface area (Å²) in [6.07, 6.45) is 2.07. The zero-order valence-electron chi connectivity index (χ0n) is 7.45. The highest BCUT2D eigenvalue weighted by Crippen LogP contribution is 2.24. The highest BCUT2D eigenvalue weighted by Gasteiger charge is 2.31. The molecule has 12 heavy (non-hydrogen) atoms. The molecule has 1 fully saturated rings. The second kappa shape index (κ2) is 5.02. The van der Waals surface area contributed by atoms with Gasteiger partial charge in [-0.1, -0.05) is 0 Å². The van der Waals surface area contributed by atoms with Crippen molar-refractivity contribution in [3.63, 3.8) is 0 Å². The lowest BCUT2D eigenvalue weighted by Gasteiger charge is -2.34. The predicted octanol–water partition coefficient (Wildman–Crippen LogP) is 0.544. The molecule has 3 N–H and O–H groups in total. The van der Waals surface area contributed by atoms with Gasteiger partial charge in [0.25, 0.3) is 0 Å². The third kappa shape index (κ3) is 2.90. The molecular weight excluding hydrogens is 178 g/mol. The monoisotopic (exact) mass is 195 g/mol. The van der Waals surface area contributed by atoms with Crippen molar-refractivity contribution in [2.75, 3.05) is 19.8 Å². The van der Waals surface area contributed by atoms with Crippen molar-refractivity contribution in [1.82, 2.24) is 0 Å². The summed E-state index contributed by atoms with van der Waals surface area (Å²) >= 11 is 0. The third-order valence-corrected chi connectivity index (χ3v) is 2.45. The van der Waals surface area contributed by atoms with E-state index in [1.807, 2.05) is 0 Å². The highest BCUT2D eigenvalue weighted by atomic mass is 35.5. The van der Waals surface area contributed by atoms with E-state index in [2.05, 4.69) is 0 Å². The molecule has 1 heterocycles. The molecule has 74 valence electrons. The van der Waals surface area contributed by atoms with Crippen LogP contribution in [0.2, 0.25) is 0 Å². The first-order chi connectivity index (χ1) is 5.17. The lowest BCUT2D eigenvalue weighted by Crippen LogP contribution is -2.45. The topological polar surface area (TPSA) is 55.5 Å². The van der Waals surface area contributed by atoms with E-state index in [0.717, 1.165) is 19.4 Å². The zero-order valence-corrected chi connectivity index (χ0v) is 8.27. The Bertz CT molecular complexity index is 124. The molecule has 3 nitrogen and oxygen atoms in total. The van der Waals surface area contributed by atoms with Crippen molar-refractivity contribution in [1.29, 1.82) is 0 Å². The first kappa shape index (κ1) is 12.2. The first-order valence-electron chi connectivity index (χ1n) is 4.17. The minimum atomic E-state index is -0.736. The number of aliphatic hydroxyl groups is 1. The molecular formula is C8H18ClNO2. The molecule has 0 aliphatic carbocycles. The lowest BCUT2D eigenvalue weighted by atomic mass is 9.85. The van der Waals surface area contributed by atoms with Gasteiger partial charge in [-0.3, -0.25) is 0 Å². The first-order valence-corrected chi connectivity index (χ1v) is 4.17. The summed E-state index contributed by atoms with van der Waals surface area (Å²) in [7, 11) is 0. The Kier molecular flexibility index (Phi) is 5.09. The zero-order chi connectivity index (χ0) is 8.32. The van der Waals surface area contributed by atoms with Gasteiger partial charge in [-0.15, -0.1) is 12.4 Å². The Morgan fingerprint density at radius 3 is 2.75 bits per heavy atom. The fourth-order valence-electron chi connectivity index (χ4n) is 1.40. The SMILES string of the molecule is CC(O)(CN)C1CCCOC1.Cl. The summed E-state index contributed by atoms with van der Waals surface area (Å²) in [6.45, 7) is 3.59. The van der Waals surface area contributed by atoms with Crippen LogP contribution in [0.4, 0.5) is 0 Å². The predicted molar refractivity (Wildman–Crippen MR) is 50.5 cm³/mol. The van der Waals surface area contributed by atoms with E-state index in [1.165, 1.54) is 0 Å². The van der Waals surface area contributed by atoms with Crippen LogP contribution in [-0.4, -0.2) is 30.5 Å². The molecule has 0 bridgehead atoms. The number of hydrogen-bond donors (Lipinski definition) is 2. The Morgan fingerprint density at radius 2 is 2.33 bits per heavy atom. The van der Waals surface area contributed by atoms with Gasteiger partial charge in [0.15, 0.2) is 0 Å². The molecule has 0 amide bonds. The number of rotatable bonds is 2. The Labute approximate surface area is 79.7 Å². The van der Waals surface area contributed by atoms with Crippen LogP contribution < -0.4 is 5.73 Å². The van der Waals surface area contributed by atoms with E-state index >= 15 is 0 Å². The molecule has 2 unspecified atom stereocenters. The fourth-order valence-corrected chi connectivity index (χ4v) is 1.40. The van der Waals surface area contributed by atoms with Crippen LogP contribution in [0.5, 0.6) is 0 Å². The van der Waals surface area contributed by atoms with E-state index in [0.29, 0.717) is 13.2 Å². The molecule has 0 aromatic carbocycles. The highest BCUT2D eigenvalue weighted by molar-refractivity contribution is 5.85. The van der Waals surface area contributed by atoms with Crippen LogP contribution in [-0.2, 0) is 4.74 Å². The average molecular weight is 196 g/mol. The molecule has 2 atom stereocenters. The molecule has 1 aliphatic heterocycles. The number of halogens is 1. The Hall–Kier alpha value is 0.170. The maximum absolute atomic E-state index is 9.74. The van der Waals surface area contributed by atoms with E-state index in [-0.39, 0.29) is 18.3 Å².